The zero-order valence-corrected chi connectivity index (χ0v) is 9.12. The third-order valence-corrected chi connectivity index (χ3v) is 2.34. The predicted molar refractivity (Wildman–Crippen MR) is 59.5 cm³/mol. The van der Waals surface area contributed by atoms with Crippen molar-refractivity contribution < 1.29 is 4.74 Å². The molecule has 0 amide bonds. The van der Waals surface area contributed by atoms with Crippen molar-refractivity contribution >= 4 is 0 Å². The quantitative estimate of drug-likeness (QED) is 0.500. The molecule has 0 spiro atoms. The number of aromatic nitrogens is 1. The van der Waals surface area contributed by atoms with E-state index in [2.05, 4.69) is 37.1 Å². The van der Waals surface area contributed by atoms with Crippen LogP contribution >= 0.6 is 0 Å². The van der Waals surface area contributed by atoms with E-state index in [0.717, 1.165) is 26.2 Å². The van der Waals surface area contributed by atoms with E-state index >= 15 is 0 Å². The Morgan fingerprint density at radius 3 is 2.50 bits per heavy atom. The van der Waals surface area contributed by atoms with E-state index in [1.165, 1.54) is 11.4 Å². The zero-order valence-electron chi connectivity index (χ0n) is 9.12. The Bertz CT molecular complexity index is 269. The highest BCUT2D eigenvalue weighted by atomic mass is 16.5. The van der Waals surface area contributed by atoms with Crippen LogP contribution in [-0.2, 0) is 11.3 Å². The molecule has 0 bridgehead atoms. The predicted octanol–water partition coefficient (Wildman–Crippen LogP) is 2.70. The summed E-state index contributed by atoms with van der Waals surface area (Å²) >= 11 is 0. The van der Waals surface area contributed by atoms with Crippen molar-refractivity contribution in [2.45, 2.75) is 26.8 Å². The van der Waals surface area contributed by atoms with Gasteiger partial charge >= 0.3 is 0 Å². The zero-order chi connectivity index (χ0) is 10.4. The molecular weight excluding hydrogens is 174 g/mol. The van der Waals surface area contributed by atoms with Crippen molar-refractivity contribution in [1.82, 2.24) is 4.57 Å². The lowest BCUT2D eigenvalue weighted by Gasteiger charge is -2.09. The van der Waals surface area contributed by atoms with Crippen LogP contribution < -0.4 is 0 Å². The fourth-order valence-corrected chi connectivity index (χ4v) is 1.48. The smallest absolute Gasteiger partial charge is 0.0645 e. The van der Waals surface area contributed by atoms with Gasteiger partial charge in [-0.25, -0.2) is 0 Å². The van der Waals surface area contributed by atoms with Gasteiger partial charge in [-0.15, -0.1) is 6.58 Å². The maximum atomic E-state index is 5.47. The van der Waals surface area contributed by atoms with E-state index in [-0.39, 0.29) is 0 Å². The molecule has 14 heavy (non-hydrogen) atoms. The first kappa shape index (κ1) is 11.1. The van der Waals surface area contributed by atoms with E-state index in [1.807, 2.05) is 6.08 Å². The van der Waals surface area contributed by atoms with Crippen LogP contribution in [0.2, 0.25) is 0 Å². The first-order valence-electron chi connectivity index (χ1n) is 5.07. The monoisotopic (exact) mass is 193 g/mol. The standard InChI is InChI=1S/C12H19NO/c1-4-5-9-14-10-8-13-11(2)6-7-12(13)3/h4,6-7H,1,5,8-10H2,2-3H3. The average molecular weight is 193 g/mol. The molecule has 78 valence electrons. The second-order valence-corrected chi connectivity index (χ2v) is 3.46. The molecular formula is C12H19NO. The summed E-state index contributed by atoms with van der Waals surface area (Å²) in [5, 5.41) is 0. The molecule has 2 heteroatoms. The average Bonchev–Trinajstić information content (AvgIpc) is 2.48. The lowest BCUT2D eigenvalue weighted by molar-refractivity contribution is 0.130. The summed E-state index contributed by atoms with van der Waals surface area (Å²) in [4.78, 5) is 0. The fraction of sp³-hybridized carbons (Fsp3) is 0.500. The van der Waals surface area contributed by atoms with E-state index in [0.29, 0.717) is 0 Å². The molecule has 0 N–H and O–H groups in total. The van der Waals surface area contributed by atoms with Crippen molar-refractivity contribution in [2.24, 2.45) is 0 Å². The summed E-state index contributed by atoms with van der Waals surface area (Å²) < 4.78 is 7.74. The van der Waals surface area contributed by atoms with Gasteiger partial charge in [0.2, 0.25) is 0 Å². The molecule has 0 aliphatic heterocycles. The summed E-state index contributed by atoms with van der Waals surface area (Å²) in [6.07, 6.45) is 2.82. The number of nitrogens with zero attached hydrogens (tertiary/aromatic N) is 1. The summed E-state index contributed by atoms with van der Waals surface area (Å²) in [5.41, 5.74) is 2.60. The number of aryl methyl sites for hydroxylation is 2. The largest absolute Gasteiger partial charge is 0.379 e. The highest BCUT2D eigenvalue weighted by molar-refractivity contribution is 5.13. The third-order valence-electron chi connectivity index (χ3n) is 2.34. The van der Waals surface area contributed by atoms with E-state index in [1.54, 1.807) is 0 Å². The van der Waals surface area contributed by atoms with Crippen molar-refractivity contribution in [1.29, 1.82) is 0 Å². The Balaban J connectivity index is 2.27. The van der Waals surface area contributed by atoms with E-state index < -0.39 is 0 Å². The lowest BCUT2D eigenvalue weighted by Crippen LogP contribution is -2.09. The molecule has 1 aromatic heterocycles. The molecule has 1 heterocycles. The SMILES string of the molecule is C=CCCOCCn1c(C)ccc1C. The van der Waals surface area contributed by atoms with Crippen LogP contribution in [0.5, 0.6) is 0 Å². The van der Waals surface area contributed by atoms with Crippen LogP contribution in [0.3, 0.4) is 0 Å². The minimum Gasteiger partial charge on any atom is -0.379 e. The number of hydrogen-bond acceptors (Lipinski definition) is 1. The highest BCUT2D eigenvalue weighted by Crippen LogP contribution is 2.06. The Morgan fingerprint density at radius 1 is 1.29 bits per heavy atom. The van der Waals surface area contributed by atoms with Crippen molar-refractivity contribution in [3.63, 3.8) is 0 Å². The van der Waals surface area contributed by atoms with E-state index in [4.69, 9.17) is 4.74 Å². The highest BCUT2D eigenvalue weighted by Gasteiger charge is 1.99. The minimum atomic E-state index is 0.781. The summed E-state index contributed by atoms with van der Waals surface area (Å²) in [6, 6.07) is 4.28. The summed E-state index contributed by atoms with van der Waals surface area (Å²) in [6.45, 7) is 10.4. The van der Waals surface area contributed by atoms with Crippen molar-refractivity contribution in [2.75, 3.05) is 13.2 Å². The van der Waals surface area contributed by atoms with Gasteiger partial charge in [0, 0.05) is 17.9 Å². The topological polar surface area (TPSA) is 14.2 Å². The molecule has 0 aromatic carbocycles. The minimum absolute atomic E-state index is 0.781. The van der Waals surface area contributed by atoms with Crippen LogP contribution in [0.15, 0.2) is 24.8 Å². The molecule has 0 atom stereocenters. The van der Waals surface area contributed by atoms with E-state index in [9.17, 15) is 0 Å². The molecule has 0 unspecified atom stereocenters. The second kappa shape index (κ2) is 5.66. The Hall–Kier alpha value is -1.02. The Morgan fingerprint density at radius 2 is 1.93 bits per heavy atom. The number of ether oxygens (including phenoxy) is 1. The maximum absolute atomic E-state index is 5.47. The van der Waals surface area contributed by atoms with Crippen molar-refractivity contribution in [3.8, 4) is 0 Å². The van der Waals surface area contributed by atoms with Crippen LogP contribution in [0.1, 0.15) is 17.8 Å². The van der Waals surface area contributed by atoms with Gasteiger partial charge in [-0.2, -0.15) is 0 Å². The normalized spacial score (nSPS) is 10.4. The fourth-order valence-electron chi connectivity index (χ4n) is 1.48. The Labute approximate surface area is 86.2 Å². The van der Waals surface area contributed by atoms with Crippen LogP contribution in [0, 0.1) is 13.8 Å². The summed E-state index contributed by atoms with van der Waals surface area (Å²) in [7, 11) is 0. The molecule has 0 saturated heterocycles. The number of rotatable bonds is 6. The van der Waals surface area contributed by atoms with Crippen LogP contribution in [0.4, 0.5) is 0 Å². The van der Waals surface area contributed by atoms with Gasteiger partial charge in [-0.3, -0.25) is 0 Å². The van der Waals surface area contributed by atoms with Gasteiger partial charge in [0.1, 0.15) is 0 Å². The molecule has 0 aliphatic rings. The summed E-state index contributed by atoms with van der Waals surface area (Å²) in [5.74, 6) is 0. The Kier molecular flexibility index (Phi) is 4.47. The first-order valence-corrected chi connectivity index (χ1v) is 5.07. The van der Waals surface area contributed by atoms with Gasteiger partial charge in [-0.05, 0) is 32.4 Å². The molecule has 0 saturated carbocycles. The molecule has 0 aliphatic carbocycles. The number of hydrogen-bond donors (Lipinski definition) is 0. The van der Waals surface area contributed by atoms with Crippen molar-refractivity contribution in [3.05, 3.63) is 36.2 Å². The molecule has 2 nitrogen and oxygen atoms in total. The maximum Gasteiger partial charge on any atom is 0.0645 e. The molecule has 0 radical (unpaired) electrons. The first-order chi connectivity index (χ1) is 6.75. The van der Waals surface area contributed by atoms with Gasteiger partial charge in [0.25, 0.3) is 0 Å². The van der Waals surface area contributed by atoms with Gasteiger partial charge < -0.3 is 9.30 Å². The third kappa shape index (κ3) is 3.04. The van der Waals surface area contributed by atoms with Gasteiger partial charge in [0.05, 0.1) is 13.2 Å². The van der Waals surface area contributed by atoms with Crippen LogP contribution in [0.25, 0.3) is 0 Å². The second-order valence-electron chi connectivity index (χ2n) is 3.46. The molecule has 1 rings (SSSR count). The molecule has 1 aromatic rings. The van der Waals surface area contributed by atoms with Gasteiger partial charge in [0.15, 0.2) is 0 Å². The molecule has 0 fully saturated rings. The lowest BCUT2D eigenvalue weighted by atomic mass is 10.4. The van der Waals surface area contributed by atoms with Crippen LogP contribution in [-0.4, -0.2) is 17.8 Å². The van der Waals surface area contributed by atoms with Gasteiger partial charge in [-0.1, -0.05) is 6.08 Å².